The smallest absolute Gasteiger partial charge is 0.408 e. The maximum atomic E-state index is 13.1. The molecule has 0 saturated carbocycles. The van der Waals surface area contributed by atoms with E-state index in [1.54, 1.807) is 33.2 Å². The Balaban J connectivity index is 1.81. The van der Waals surface area contributed by atoms with Gasteiger partial charge in [-0.05, 0) is 32.4 Å². The summed E-state index contributed by atoms with van der Waals surface area (Å²) in [5.74, 6) is -0.590. The van der Waals surface area contributed by atoms with Gasteiger partial charge >= 0.3 is 6.09 Å². The maximum Gasteiger partial charge on any atom is 0.408 e. The van der Waals surface area contributed by atoms with Gasteiger partial charge in [-0.1, -0.05) is 18.2 Å². The average Bonchev–Trinajstić information content (AvgIpc) is 3.30. The van der Waals surface area contributed by atoms with Crippen molar-refractivity contribution in [3.8, 4) is 0 Å². The zero-order valence-corrected chi connectivity index (χ0v) is 20.2. The summed E-state index contributed by atoms with van der Waals surface area (Å²) in [5.41, 5.74) is 1.81. The van der Waals surface area contributed by atoms with Crippen LogP contribution in [0.3, 0.4) is 0 Å². The zero-order valence-electron chi connectivity index (χ0n) is 19.4. The first kappa shape index (κ1) is 24.2. The van der Waals surface area contributed by atoms with Crippen LogP contribution < -0.4 is 16.0 Å². The molecule has 0 unspecified atom stereocenters. The van der Waals surface area contributed by atoms with E-state index in [1.807, 2.05) is 42.1 Å². The number of thiazole rings is 1. The Labute approximate surface area is 196 Å². The number of nitrogens with zero attached hydrogens (tertiary/aromatic N) is 2. The molecule has 3 aromatic rings. The molecule has 1 atom stereocenters. The summed E-state index contributed by atoms with van der Waals surface area (Å²) in [6.07, 6.45) is 1.66. The lowest BCUT2D eigenvalue weighted by molar-refractivity contribution is -0.120. The van der Waals surface area contributed by atoms with E-state index in [0.717, 1.165) is 16.5 Å². The maximum absolute atomic E-state index is 13.1. The number of likely N-dealkylation sites (N-methyl/N-ethyl adjacent to an activating group) is 1. The van der Waals surface area contributed by atoms with Gasteiger partial charge in [0.15, 0.2) is 5.13 Å². The van der Waals surface area contributed by atoms with Gasteiger partial charge in [0, 0.05) is 43.0 Å². The third-order valence-electron chi connectivity index (χ3n) is 4.81. The molecule has 3 N–H and O–H groups in total. The Hall–Kier alpha value is -3.40. The van der Waals surface area contributed by atoms with Gasteiger partial charge < -0.3 is 25.3 Å². The molecule has 3 amide bonds. The van der Waals surface area contributed by atoms with E-state index < -0.39 is 23.6 Å². The molecular weight excluding hydrogens is 442 g/mol. The van der Waals surface area contributed by atoms with Crippen LogP contribution in [0.15, 0.2) is 35.8 Å². The molecule has 0 aliphatic carbocycles. The van der Waals surface area contributed by atoms with E-state index in [2.05, 4.69) is 20.9 Å². The van der Waals surface area contributed by atoms with Crippen molar-refractivity contribution in [2.45, 2.75) is 45.3 Å². The zero-order chi connectivity index (χ0) is 24.2. The Morgan fingerprint density at radius 1 is 1.21 bits per heavy atom. The number of para-hydroxylation sites is 1. The van der Waals surface area contributed by atoms with Gasteiger partial charge in [0.1, 0.15) is 11.6 Å². The van der Waals surface area contributed by atoms with Crippen molar-refractivity contribution in [2.24, 2.45) is 7.05 Å². The molecular formula is C23H29N5O4S. The topological polar surface area (TPSA) is 114 Å². The van der Waals surface area contributed by atoms with Crippen LogP contribution >= 0.6 is 11.3 Å². The largest absolute Gasteiger partial charge is 0.444 e. The van der Waals surface area contributed by atoms with Gasteiger partial charge in [-0.25, -0.2) is 9.78 Å². The lowest BCUT2D eigenvalue weighted by atomic mass is 10.0. The highest BCUT2D eigenvalue weighted by Crippen LogP contribution is 2.23. The highest BCUT2D eigenvalue weighted by Gasteiger charge is 2.26. The van der Waals surface area contributed by atoms with Crippen molar-refractivity contribution in [1.29, 1.82) is 0 Å². The fraction of sp³-hybridized carbons (Fsp3) is 0.391. The number of carbonyl (C=O) groups excluding carboxylic acids is 3. The second-order valence-electron chi connectivity index (χ2n) is 8.67. The number of benzene rings is 1. The molecule has 9 nitrogen and oxygen atoms in total. The number of fused-ring (bicyclic) bond motifs is 1. The van der Waals surface area contributed by atoms with Crippen LogP contribution in [0.5, 0.6) is 0 Å². The summed E-state index contributed by atoms with van der Waals surface area (Å²) in [6, 6.07) is 6.98. The Morgan fingerprint density at radius 3 is 2.64 bits per heavy atom. The summed E-state index contributed by atoms with van der Waals surface area (Å²) in [5, 5.41) is 11.1. The molecule has 176 valence electrons. The van der Waals surface area contributed by atoms with Gasteiger partial charge in [-0.15, -0.1) is 11.3 Å². The quantitative estimate of drug-likeness (QED) is 0.490. The van der Waals surface area contributed by atoms with Gasteiger partial charge in [-0.2, -0.15) is 0 Å². The molecule has 0 spiro atoms. The normalized spacial score (nSPS) is 12.3. The van der Waals surface area contributed by atoms with Crippen molar-refractivity contribution in [3.05, 3.63) is 47.1 Å². The third-order valence-corrected chi connectivity index (χ3v) is 5.62. The molecule has 0 radical (unpaired) electrons. The van der Waals surface area contributed by atoms with Crippen LogP contribution in [-0.4, -0.2) is 46.1 Å². The minimum Gasteiger partial charge on any atom is -0.444 e. The van der Waals surface area contributed by atoms with Gasteiger partial charge in [-0.3, -0.25) is 9.59 Å². The third kappa shape index (κ3) is 6.55. The van der Waals surface area contributed by atoms with E-state index in [9.17, 15) is 14.4 Å². The second kappa shape index (κ2) is 10.0. The van der Waals surface area contributed by atoms with E-state index in [0.29, 0.717) is 10.8 Å². The molecule has 2 aromatic heterocycles. The minimum atomic E-state index is -0.892. The van der Waals surface area contributed by atoms with Crippen molar-refractivity contribution in [2.75, 3.05) is 12.4 Å². The standard InChI is InChI=1S/C23H29N5O4S/c1-23(2,3)32-22(31)26-17(10-14-12-28(5)18-9-7-6-8-16(14)18)20(30)27-21-25-15(13-33-21)11-19(29)24-4/h6-9,12-13,17H,10-11H2,1-5H3,(H,24,29)(H,26,31)(H,25,27,30)/t17-/m0/s1. The number of amides is 3. The minimum absolute atomic E-state index is 0.123. The molecule has 1 aromatic carbocycles. The second-order valence-corrected chi connectivity index (χ2v) is 9.53. The van der Waals surface area contributed by atoms with E-state index in [1.165, 1.54) is 11.3 Å². The van der Waals surface area contributed by atoms with Crippen molar-refractivity contribution < 1.29 is 19.1 Å². The number of aryl methyl sites for hydroxylation is 1. The van der Waals surface area contributed by atoms with E-state index in [-0.39, 0.29) is 18.7 Å². The summed E-state index contributed by atoms with van der Waals surface area (Å²) in [7, 11) is 3.49. The number of ether oxygens (including phenoxy) is 1. The summed E-state index contributed by atoms with van der Waals surface area (Å²) >= 11 is 1.22. The average molecular weight is 472 g/mol. The van der Waals surface area contributed by atoms with Crippen LogP contribution in [0.2, 0.25) is 0 Å². The number of aromatic nitrogens is 2. The van der Waals surface area contributed by atoms with Gasteiger partial charge in [0.25, 0.3) is 0 Å². The van der Waals surface area contributed by atoms with Crippen molar-refractivity contribution >= 4 is 45.3 Å². The van der Waals surface area contributed by atoms with Crippen LogP contribution in [0.4, 0.5) is 9.93 Å². The summed E-state index contributed by atoms with van der Waals surface area (Å²) < 4.78 is 7.35. The first-order valence-corrected chi connectivity index (χ1v) is 11.4. The fourth-order valence-electron chi connectivity index (χ4n) is 3.36. The monoisotopic (exact) mass is 471 g/mol. The molecule has 0 fully saturated rings. The lowest BCUT2D eigenvalue weighted by Gasteiger charge is -2.23. The highest BCUT2D eigenvalue weighted by molar-refractivity contribution is 7.13. The van der Waals surface area contributed by atoms with Crippen LogP contribution in [0.25, 0.3) is 10.9 Å². The first-order chi connectivity index (χ1) is 15.6. The molecule has 0 aliphatic heterocycles. The number of hydrogen-bond acceptors (Lipinski definition) is 6. The van der Waals surface area contributed by atoms with E-state index >= 15 is 0 Å². The molecule has 2 heterocycles. The number of alkyl carbamates (subject to hydrolysis) is 1. The summed E-state index contributed by atoms with van der Waals surface area (Å²) in [6.45, 7) is 5.28. The molecule has 33 heavy (non-hydrogen) atoms. The predicted molar refractivity (Wildman–Crippen MR) is 128 cm³/mol. The molecule has 0 saturated heterocycles. The SMILES string of the molecule is CNC(=O)Cc1csc(NC(=O)[C@H](Cc2cn(C)c3ccccc23)NC(=O)OC(C)(C)C)n1. The first-order valence-electron chi connectivity index (χ1n) is 10.5. The number of carbonyl (C=O) groups is 3. The predicted octanol–water partition coefficient (Wildman–Crippen LogP) is 3.00. The van der Waals surface area contributed by atoms with Crippen LogP contribution in [-0.2, 0) is 34.2 Å². The number of nitrogens with one attached hydrogen (secondary N) is 3. The number of hydrogen-bond donors (Lipinski definition) is 3. The Morgan fingerprint density at radius 2 is 1.94 bits per heavy atom. The summed E-state index contributed by atoms with van der Waals surface area (Å²) in [4.78, 5) is 41.5. The van der Waals surface area contributed by atoms with Crippen molar-refractivity contribution in [3.63, 3.8) is 0 Å². The van der Waals surface area contributed by atoms with Gasteiger partial charge in [0.2, 0.25) is 11.8 Å². The lowest BCUT2D eigenvalue weighted by Crippen LogP contribution is -2.47. The molecule has 0 aliphatic rings. The molecule has 3 rings (SSSR count). The van der Waals surface area contributed by atoms with Crippen molar-refractivity contribution in [1.82, 2.24) is 20.2 Å². The molecule has 10 heteroatoms. The number of anilines is 1. The Kier molecular flexibility index (Phi) is 7.37. The van der Waals surface area contributed by atoms with Crippen LogP contribution in [0, 0.1) is 0 Å². The van der Waals surface area contributed by atoms with E-state index in [4.69, 9.17) is 4.74 Å². The molecule has 0 bridgehead atoms. The Bertz CT molecular complexity index is 1160. The highest BCUT2D eigenvalue weighted by atomic mass is 32.1. The van der Waals surface area contributed by atoms with Gasteiger partial charge in [0.05, 0.1) is 12.1 Å². The van der Waals surface area contributed by atoms with Crippen LogP contribution in [0.1, 0.15) is 32.0 Å². The fourth-order valence-corrected chi connectivity index (χ4v) is 4.07. The number of rotatable bonds is 7.